The number of halogens is 1. The van der Waals surface area contributed by atoms with Gasteiger partial charge in [-0.25, -0.2) is 4.79 Å². The molecule has 0 aliphatic carbocycles. The van der Waals surface area contributed by atoms with Crippen LogP contribution in [0.5, 0.6) is 0 Å². The van der Waals surface area contributed by atoms with E-state index in [4.69, 9.17) is 5.73 Å². The van der Waals surface area contributed by atoms with Crippen LogP contribution in [0.25, 0.3) is 0 Å². The van der Waals surface area contributed by atoms with Crippen molar-refractivity contribution in [2.75, 3.05) is 24.2 Å². The topological polar surface area (TPSA) is 58.4 Å². The molecule has 0 unspecified atom stereocenters. The van der Waals surface area contributed by atoms with Crippen molar-refractivity contribution in [1.29, 1.82) is 0 Å². The second kappa shape index (κ2) is 5.02. The van der Waals surface area contributed by atoms with Crippen LogP contribution in [-0.2, 0) is 0 Å². The Morgan fingerprint density at radius 3 is 2.80 bits per heavy atom. The first-order chi connectivity index (χ1) is 7.06. The Kier molecular flexibility index (Phi) is 3.96. The van der Waals surface area contributed by atoms with E-state index in [1.807, 2.05) is 13.0 Å². The number of benzene rings is 1. The summed E-state index contributed by atoms with van der Waals surface area (Å²) in [5.41, 5.74) is 7.07. The molecule has 1 rings (SSSR count). The van der Waals surface area contributed by atoms with Gasteiger partial charge in [-0.2, -0.15) is 0 Å². The van der Waals surface area contributed by atoms with E-state index in [9.17, 15) is 4.79 Å². The quantitative estimate of drug-likeness (QED) is 0.811. The summed E-state index contributed by atoms with van der Waals surface area (Å²) in [6.45, 7) is 2.47. The van der Waals surface area contributed by atoms with Crippen molar-refractivity contribution in [3.63, 3.8) is 0 Å². The predicted octanol–water partition coefficient (Wildman–Crippen LogP) is 2.20. The molecule has 82 valence electrons. The maximum Gasteiger partial charge on any atom is 0.321 e. The van der Waals surface area contributed by atoms with Crippen LogP contribution < -0.4 is 16.0 Å². The van der Waals surface area contributed by atoms with Gasteiger partial charge in [-0.3, -0.25) is 4.90 Å². The standard InChI is InChI=1S/C10H14BrN3O/c1-3-13-10(15)14(2)9-5-4-7(11)6-8(9)12/h4-6H,3,12H2,1-2H3,(H,13,15). The number of nitrogens with two attached hydrogens (primary N) is 1. The van der Waals surface area contributed by atoms with E-state index in [1.54, 1.807) is 19.2 Å². The third-order valence-electron chi connectivity index (χ3n) is 1.98. The SMILES string of the molecule is CCNC(=O)N(C)c1ccc(Br)cc1N. The van der Waals surface area contributed by atoms with Crippen LogP contribution in [0.4, 0.5) is 16.2 Å². The highest BCUT2D eigenvalue weighted by Crippen LogP contribution is 2.25. The summed E-state index contributed by atoms with van der Waals surface area (Å²) in [5, 5.41) is 2.71. The van der Waals surface area contributed by atoms with Gasteiger partial charge in [0.05, 0.1) is 11.4 Å². The Morgan fingerprint density at radius 1 is 1.60 bits per heavy atom. The lowest BCUT2D eigenvalue weighted by atomic mass is 10.2. The van der Waals surface area contributed by atoms with Crippen LogP contribution in [0, 0.1) is 0 Å². The minimum atomic E-state index is -0.161. The lowest BCUT2D eigenvalue weighted by molar-refractivity contribution is 0.248. The smallest absolute Gasteiger partial charge is 0.321 e. The molecule has 0 saturated carbocycles. The Hall–Kier alpha value is -1.23. The van der Waals surface area contributed by atoms with Crippen LogP contribution >= 0.6 is 15.9 Å². The molecule has 0 bridgehead atoms. The minimum Gasteiger partial charge on any atom is -0.397 e. The van der Waals surface area contributed by atoms with Crippen molar-refractivity contribution in [3.8, 4) is 0 Å². The maximum atomic E-state index is 11.5. The molecule has 0 aromatic heterocycles. The average molecular weight is 272 g/mol. The molecule has 4 nitrogen and oxygen atoms in total. The molecule has 1 aromatic carbocycles. The zero-order valence-electron chi connectivity index (χ0n) is 8.75. The summed E-state index contributed by atoms with van der Waals surface area (Å²) < 4.78 is 0.896. The van der Waals surface area contributed by atoms with Gasteiger partial charge < -0.3 is 11.1 Å². The van der Waals surface area contributed by atoms with Gasteiger partial charge in [0.2, 0.25) is 0 Å². The number of nitrogen functional groups attached to an aromatic ring is 1. The van der Waals surface area contributed by atoms with Crippen molar-refractivity contribution in [2.24, 2.45) is 0 Å². The molecule has 2 amide bonds. The third-order valence-corrected chi connectivity index (χ3v) is 2.48. The first kappa shape index (κ1) is 11.8. The number of nitrogens with zero attached hydrogens (tertiary/aromatic N) is 1. The van der Waals surface area contributed by atoms with E-state index < -0.39 is 0 Å². The minimum absolute atomic E-state index is 0.161. The van der Waals surface area contributed by atoms with E-state index in [1.165, 1.54) is 4.90 Å². The highest BCUT2D eigenvalue weighted by Gasteiger charge is 2.11. The lowest BCUT2D eigenvalue weighted by Gasteiger charge is -2.19. The summed E-state index contributed by atoms with van der Waals surface area (Å²) in [6, 6.07) is 5.26. The first-order valence-corrected chi connectivity index (χ1v) is 5.42. The fraction of sp³-hybridized carbons (Fsp3) is 0.300. The molecule has 1 aromatic rings. The summed E-state index contributed by atoms with van der Waals surface area (Å²) in [7, 11) is 1.69. The van der Waals surface area contributed by atoms with E-state index in [2.05, 4.69) is 21.2 Å². The van der Waals surface area contributed by atoms with Crippen molar-refractivity contribution in [2.45, 2.75) is 6.92 Å². The van der Waals surface area contributed by atoms with Crippen molar-refractivity contribution in [3.05, 3.63) is 22.7 Å². The van der Waals surface area contributed by atoms with Gasteiger partial charge in [0.1, 0.15) is 0 Å². The van der Waals surface area contributed by atoms with Crippen molar-refractivity contribution < 1.29 is 4.79 Å². The zero-order valence-corrected chi connectivity index (χ0v) is 10.3. The Labute approximate surface area is 97.6 Å². The van der Waals surface area contributed by atoms with Crippen LogP contribution in [0.2, 0.25) is 0 Å². The van der Waals surface area contributed by atoms with Crippen molar-refractivity contribution >= 4 is 33.3 Å². The van der Waals surface area contributed by atoms with Gasteiger partial charge in [0.15, 0.2) is 0 Å². The number of anilines is 2. The largest absolute Gasteiger partial charge is 0.397 e. The molecular formula is C10H14BrN3O. The highest BCUT2D eigenvalue weighted by atomic mass is 79.9. The average Bonchev–Trinajstić information content (AvgIpc) is 2.17. The molecule has 0 heterocycles. The molecule has 15 heavy (non-hydrogen) atoms. The molecular weight excluding hydrogens is 258 g/mol. The summed E-state index contributed by atoms with van der Waals surface area (Å²) in [6.07, 6.45) is 0. The van der Waals surface area contributed by atoms with Crippen LogP contribution in [0.3, 0.4) is 0 Å². The Balaban J connectivity index is 2.91. The summed E-state index contributed by atoms with van der Waals surface area (Å²) in [4.78, 5) is 13.0. The maximum absolute atomic E-state index is 11.5. The number of rotatable bonds is 2. The van der Waals surface area contributed by atoms with E-state index in [0.29, 0.717) is 17.9 Å². The molecule has 0 fully saturated rings. The molecule has 0 spiro atoms. The van der Waals surface area contributed by atoms with Crippen LogP contribution in [0.15, 0.2) is 22.7 Å². The molecule has 3 N–H and O–H groups in total. The Morgan fingerprint density at radius 2 is 2.27 bits per heavy atom. The van der Waals surface area contributed by atoms with Crippen LogP contribution in [0.1, 0.15) is 6.92 Å². The Bertz CT molecular complexity index is 368. The van der Waals surface area contributed by atoms with Gasteiger partial charge in [-0.05, 0) is 25.1 Å². The number of carbonyl (C=O) groups excluding carboxylic acids is 1. The number of hydrogen-bond donors (Lipinski definition) is 2. The fourth-order valence-corrected chi connectivity index (χ4v) is 1.59. The van der Waals surface area contributed by atoms with Gasteiger partial charge >= 0.3 is 6.03 Å². The number of carbonyl (C=O) groups is 1. The third kappa shape index (κ3) is 2.86. The summed E-state index contributed by atoms with van der Waals surface area (Å²) in [5.74, 6) is 0. The van der Waals surface area contributed by atoms with Gasteiger partial charge in [0, 0.05) is 18.1 Å². The monoisotopic (exact) mass is 271 g/mol. The second-order valence-electron chi connectivity index (χ2n) is 3.10. The van der Waals surface area contributed by atoms with Crippen LogP contribution in [-0.4, -0.2) is 19.6 Å². The summed E-state index contributed by atoms with van der Waals surface area (Å²) >= 11 is 3.31. The number of nitrogens with one attached hydrogen (secondary N) is 1. The van der Waals surface area contributed by atoms with Gasteiger partial charge in [-0.1, -0.05) is 15.9 Å². The molecule has 5 heteroatoms. The zero-order chi connectivity index (χ0) is 11.4. The molecule has 0 saturated heterocycles. The molecule has 0 atom stereocenters. The van der Waals surface area contributed by atoms with E-state index in [-0.39, 0.29) is 6.03 Å². The second-order valence-corrected chi connectivity index (χ2v) is 4.01. The lowest BCUT2D eigenvalue weighted by Crippen LogP contribution is -2.37. The van der Waals surface area contributed by atoms with Crippen molar-refractivity contribution in [1.82, 2.24) is 5.32 Å². The number of urea groups is 1. The number of hydrogen-bond acceptors (Lipinski definition) is 2. The fourth-order valence-electron chi connectivity index (χ4n) is 1.21. The first-order valence-electron chi connectivity index (χ1n) is 4.62. The number of amides is 2. The highest BCUT2D eigenvalue weighted by molar-refractivity contribution is 9.10. The van der Waals surface area contributed by atoms with Gasteiger partial charge in [0.25, 0.3) is 0 Å². The normalized spacial score (nSPS) is 9.80. The van der Waals surface area contributed by atoms with E-state index >= 15 is 0 Å². The van der Waals surface area contributed by atoms with E-state index in [0.717, 1.165) is 4.47 Å². The van der Waals surface area contributed by atoms with Gasteiger partial charge in [-0.15, -0.1) is 0 Å². The molecule has 0 radical (unpaired) electrons. The molecule has 0 aliphatic rings. The predicted molar refractivity (Wildman–Crippen MR) is 66.0 cm³/mol. The molecule has 0 aliphatic heterocycles.